The molecule has 10 heteroatoms. The number of aryl methyl sites for hydroxylation is 1. The maximum Gasteiger partial charge on any atom is 0.271 e. The molecule has 2 rings (SSSR count). The molecule has 0 spiro atoms. The summed E-state index contributed by atoms with van der Waals surface area (Å²) in [5, 5.41) is 13.5. The number of anilines is 2. The number of ether oxygens (including phenoxy) is 1. The summed E-state index contributed by atoms with van der Waals surface area (Å²) in [6.45, 7) is 3.11. The molecular weight excluding hydrogens is 386 g/mol. The highest BCUT2D eigenvalue weighted by atomic mass is 32.2. The van der Waals surface area contributed by atoms with Gasteiger partial charge in [-0.3, -0.25) is 19.2 Å². The molecule has 0 aliphatic heterocycles. The second-order valence-corrected chi connectivity index (χ2v) is 8.04. The van der Waals surface area contributed by atoms with E-state index >= 15 is 0 Å². The summed E-state index contributed by atoms with van der Waals surface area (Å²) in [6, 6.07) is 9.28. The summed E-state index contributed by atoms with van der Waals surface area (Å²) in [5.41, 5.74) is 0.935. The van der Waals surface area contributed by atoms with Crippen molar-refractivity contribution in [3.8, 4) is 5.75 Å². The second-order valence-electron chi connectivity index (χ2n) is 6.18. The number of non-ortho nitro benzene ring substituents is 1. The molecule has 0 aromatic heterocycles. The number of amides is 1. The van der Waals surface area contributed by atoms with Crippen molar-refractivity contribution in [3.05, 3.63) is 58.1 Å². The number of methoxy groups -OCH3 is 1. The van der Waals surface area contributed by atoms with Gasteiger partial charge in [-0.05, 0) is 31.5 Å². The third-order valence-corrected chi connectivity index (χ3v) is 5.33. The Kier molecular flexibility index (Phi) is 6.24. The largest absolute Gasteiger partial charge is 0.497 e. The number of carbonyl (C=O) groups excluding carboxylic acids is 1. The van der Waals surface area contributed by atoms with Crippen LogP contribution in [0.15, 0.2) is 42.5 Å². The maximum absolute atomic E-state index is 12.7. The third-order valence-electron chi connectivity index (χ3n) is 4.09. The summed E-state index contributed by atoms with van der Waals surface area (Å²) in [4.78, 5) is 23.1. The van der Waals surface area contributed by atoms with Crippen LogP contribution in [0.4, 0.5) is 17.1 Å². The van der Waals surface area contributed by atoms with Crippen LogP contribution in [-0.4, -0.2) is 38.7 Å². The number of sulfonamides is 1. The topological polar surface area (TPSA) is 119 Å². The van der Waals surface area contributed by atoms with Crippen molar-refractivity contribution in [2.75, 3.05) is 23.0 Å². The SMILES string of the molecule is COc1cccc(N([C@H](C)C(=O)Nc2cc([N+](=O)[O-])ccc2C)S(C)(=O)=O)c1. The van der Waals surface area contributed by atoms with E-state index in [9.17, 15) is 23.3 Å². The molecule has 0 heterocycles. The monoisotopic (exact) mass is 407 g/mol. The second kappa shape index (κ2) is 8.26. The molecule has 2 aromatic rings. The van der Waals surface area contributed by atoms with Gasteiger partial charge in [0.1, 0.15) is 11.8 Å². The molecule has 0 saturated heterocycles. The van der Waals surface area contributed by atoms with E-state index in [2.05, 4.69) is 5.32 Å². The van der Waals surface area contributed by atoms with Gasteiger partial charge in [-0.15, -0.1) is 0 Å². The zero-order valence-corrected chi connectivity index (χ0v) is 16.7. The van der Waals surface area contributed by atoms with Gasteiger partial charge in [-0.1, -0.05) is 12.1 Å². The summed E-state index contributed by atoms with van der Waals surface area (Å²) >= 11 is 0. The van der Waals surface area contributed by atoms with Crippen LogP contribution >= 0.6 is 0 Å². The third kappa shape index (κ3) is 4.77. The molecule has 28 heavy (non-hydrogen) atoms. The smallest absolute Gasteiger partial charge is 0.271 e. The minimum Gasteiger partial charge on any atom is -0.497 e. The molecule has 0 unspecified atom stereocenters. The minimum absolute atomic E-state index is 0.179. The molecule has 9 nitrogen and oxygen atoms in total. The molecule has 0 aliphatic carbocycles. The first kappa shape index (κ1) is 21.2. The number of nitrogens with one attached hydrogen (secondary N) is 1. The van der Waals surface area contributed by atoms with Crippen molar-refractivity contribution in [3.63, 3.8) is 0 Å². The number of hydrogen-bond donors (Lipinski definition) is 1. The fraction of sp³-hybridized carbons (Fsp3) is 0.278. The van der Waals surface area contributed by atoms with E-state index in [-0.39, 0.29) is 17.1 Å². The fourth-order valence-electron chi connectivity index (χ4n) is 2.65. The quantitative estimate of drug-likeness (QED) is 0.557. The van der Waals surface area contributed by atoms with Crippen LogP contribution < -0.4 is 14.4 Å². The minimum atomic E-state index is -3.80. The van der Waals surface area contributed by atoms with Crippen molar-refractivity contribution in [2.45, 2.75) is 19.9 Å². The molecule has 150 valence electrons. The van der Waals surface area contributed by atoms with Crippen molar-refractivity contribution in [1.82, 2.24) is 0 Å². The Hall–Kier alpha value is -3.14. The van der Waals surface area contributed by atoms with Crippen molar-refractivity contribution < 1.29 is 22.9 Å². The maximum atomic E-state index is 12.7. The highest BCUT2D eigenvalue weighted by molar-refractivity contribution is 7.92. The van der Waals surface area contributed by atoms with E-state index in [4.69, 9.17) is 4.74 Å². The molecule has 1 amide bonds. The lowest BCUT2D eigenvalue weighted by molar-refractivity contribution is -0.384. The van der Waals surface area contributed by atoms with Crippen LogP contribution in [0.25, 0.3) is 0 Å². The molecular formula is C18H21N3O6S. The van der Waals surface area contributed by atoms with Gasteiger partial charge in [0.15, 0.2) is 0 Å². The van der Waals surface area contributed by atoms with Crippen LogP contribution in [0, 0.1) is 17.0 Å². The lowest BCUT2D eigenvalue weighted by Crippen LogP contribution is -2.45. The summed E-state index contributed by atoms with van der Waals surface area (Å²) < 4.78 is 30.8. The Morgan fingerprint density at radius 3 is 2.50 bits per heavy atom. The van der Waals surface area contributed by atoms with Gasteiger partial charge < -0.3 is 10.1 Å². The number of benzene rings is 2. The Morgan fingerprint density at radius 2 is 1.93 bits per heavy atom. The molecule has 1 N–H and O–H groups in total. The lowest BCUT2D eigenvalue weighted by atomic mass is 10.1. The predicted octanol–water partition coefficient (Wildman–Crippen LogP) is 2.71. The molecule has 2 aromatic carbocycles. The van der Waals surface area contributed by atoms with Gasteiger partial charge in [0.25, 0.3) is 5.69 Å². The van der Waals surface area contributed by atoms with Gasteiger partial charge >= 0.3 is 0 Å². The van der Waals surface area contributed by atoms with Gasteiger partial charge in [0.05, 0.1) is 29.7 Å². The molecule has 0 radical (unpaired) electrons. The van der Waals surface area contributed by atoms with Crippen LogP contribution in [0.3, 0.4) is 0 Å². The summed E-state index contributed by atoms with van der Waals surface area (Å²) in [5.74, 6) is -0.190. The first-order valence-corrected chi connectivity index (χ1v) is 10.1. The van der Waals surface area contributed by atoms with E-state index in [1.807, 2.05) is 0 Å². The van der Waals surface area contributed by atoms with Gasteiger partial charge in [0.2, 0.25) is 15.9 Å². The highest BCUT2D eigenvalue weighted by Crippen LogP contribution is 2.27. The Morgan fingerprint density at radius 1 is 1.25 bits per heavy atom. The zero-order chi connectivity index (χ0) is 21.1. The van der Waals surface area contributed by atoms with E-state index < -0.39 is 26.9 Å². The number of nitrogens with zero attached hydrogens (tertiary/aromatic N) is 2. The van der Waals surface area contributed by atoms with Crippen molar-refractivity contribution >= 4 is 33.0 Å². The van der Waals surface area contributed by atoms with Gasteiger partial charge in [-0.25, -0.2) is 8.42 Å². The van der Waals surface area contributed by atoms with Crippen LogP contribution in [-0.2, 0) is 14.8 Å². The Labute approximate surface area is 163 Å². The fourth-order valence-corrected chi connectivity index (χ4v) is 3.82. The molecule has 0 saturated carbocycles. The average Bonchev–Trinajstić information content (AvgIpc) is 2.62. The number of carbonyl (C=O) groups is 1. The number of nitro benzene ring substituents is 1. The Bertz CT molecular complexity index is 1010. The summed E-state index contributed by atoms with van der Waals surface area (Å²) in [7, 11) is -2.35. The van der Waals surface area contributed by atoms with Gasteiger partial charge in [-0.2, -0.15) is 0 Å². The van der Waals surface area contributed by atoms with Crippen LogP contribution in [0.2, 0.25) is 0 Å². The summed E-state index contributed by atoms with van der Waals surface area (Å²) in [6.07, 6.45) is 0.995. The molecule has 0 bridgehead atoms. The van der Waals surface area contributed by atoms with E-state index in [1.54, 1.807) is 25.1 Å². The Balaban J connectivity index is 2.37. The standard InChI is InChI=1S/C18H21N3O6S/c1-12-8-9-15(21(23)24)11-17(12)19-18(22)13(2)20(28(4,25)26)14-6-5-7-16(10-14)27-3/h5-11,13H,1-4H3,(H,19,22)/t13-/m1/s1. The molecule has 0 fully saturated rings. The van der Waals surface area contributed by atoms with E-state index in [0.29, 0.717) is 11.3 Å². The van der Waals surface area contributed by atoms with Crippen molar-refractivity contribution in [1.29, 1.82) is 0 Å². The molecule has 1 atom stereocenters. The zero-order valence-electron chi connectivity index (χ0n) is 15.9. The number of nitro groups is 1. The predicted molar refractivity (Wildman–Crippen MR) is 106 cm³/mol. The van der Waals surface area contributed by atoms with E-state index in [1.165, 1.54) is 38.3 Å². The normalized spacial score (nSPS) is 12.1. The first-order chi connectivity index (χ1) is 13.0. The van der Waals surface area contributed by atoms with Crippen molar-refractivity contribution in [2.24, 2.45) is 0 Å². The highest BCUT2D eigenvalue weighted by Gasteiger charge is 2.30. The average molecular weight is 407 g/mol. The lowest BCUT2D eigenvalue weighted by Gasteiger charge is -2.28. The molecule has 0 aliphatic rings. The number of rotatable bonds is 7. The van der Waals surface area contributed by atoms with E-state index in [0.717, 1.165) is 10.6 Å². The first-order valence-electron chi connectivity index (χ1n) is 8.24. The van der Waals surface area contributed by atoms with Gasteiger partial charge in [0, 0.05) is 18.2 Å². The van der Waals surface area contributed by atoms with Crippen LogP contribution in [0.5, 0.6) is 5.75 Å². The number of hydrogen-bond acceptors (Lipinski definition) is 6. The van der Waals surface area contributed by atoms with Crippen LogP contribution in [0.1, 0.15) is 12.5 Å².